The summed E-state index contributed by atoms with van der Waals surface area (Å²) in [6.45, 7) is 7.04. The number of H-pyrrole nitrogens is 1. The maximum atomic E-state index is 13.6. The van der Waals surface area contributed by atoms with Crippen molar-refractivity contribution in [3.05, 3.63) is 53.1 Å². The van der Waals surface area contributed by atoms with Crippen molar-refractivity contribution >= 4 is 29.5 Å². The van der Waals surface area contributed by atoms with Gasteiger partial charge in [0.2, 0.25) is 23.6 Å². The smallest absolute Gasteiger partial charge is 0.275 e. The van der Waals surface area contributed by atoms with E-state index in [9.17, 15) is 24.0 Å². The number of hydrogen-bond acceptors (Lipinski definition) is 8. The van der Waals surface area contributed by atoms with E-state index >= 15 is 0 Å². The first-order valence-corrected chi connectivity index (χ1v) is 16.5. The third kappa shape index (κ3) is 8.25. The molecule has 3 aromatic rings. The average Bonchev–Trinajstić information content (AvgIpc) is 3.78. The van der Waals surface area contributed by atoms with E-state index in [2.05, 4.69) is 41.5 Å². The maximum absolute atomic E-state index is 13.6. The fraction of sp³-hybridized carbons (Fsp3) is 0.515. The number of rotatable bonds is 4. The number of carbonyl (C=O) groups excluding carboxylic acids is 5. The number of benzene rings is 1. The molecule has 48 heavy (non-hydrogen) atoms. The lowest BCUT2D eigenvalue weighted by atomic mass is 10.0. The minimum absolute atomic E-state index is 0.0583. The lowest BCUT2D eigenvalue weighted by molar-refractivity contribution is -0.132. The standard InChI is InChI=1S/C33H44N10O5/c1-19(2)16-25-32(47)36-20(3)30-38-29(22-10-6-5-7-11-22)41-43(30)18-26(44)34-14-9-15-42(17-27(45)35-21(4)31(46)37-25)33(48)28-23-12-8-13-24(23)39-40-28/h5-7,10-11,19-21,25H,8-9,12-18H2,1-4H3,(H,34,44)(H,35,45)(H,36,47)(H,37,46)(H,39,40)/t20-,21+,25+/m0/s1. The van der Waals surface area contributed by atoms with Crippen LogP contribution in [-0.2, 0) is 38.6 Å². The molecule has 256 valence electrons. The van der Waals surface area contributed by atoms with E-state index in [0.717, 1.165) is 36.1 Å². The van der Waals surface area contributed by atoms with Crippen molar-refractivity contribution < 1.29 is 24.0 Å². The highest BCUT2D eigenvalue weighted by Crippen LogP contribution is 2.24. The Morgan fingerprint density at radius 3 is 2.44 bits per heavy atom. The highest BCUT2D eigenvalue weighted by molar-refractivity contribution is 5.97. The molecule has 15 nitrogen and oxygen atoms in total. The van der Waals surface area contributed by atoms with Gasteiger partial charge >= 0.3 is 0 Å². The Hall–Kier alpha value is -5.08. The maximum Gasteiger partial charge on any atom is 0.275 e. The number of carbonyl (C=O) groups is 5. The predicted molar refractivity (Wildman–Crippen MR) is 175 cm³/mol. The number of amides is 5. The van der Waals surface area contributed by atoms with Gasteiger partial charge in [-0.1, -0.05) is 44.2 Å². The van der Waals surface area contributed by atoms with E-state index in [1.165, 1.54) is 16.5 Å². The highest BCUT2D eigenvalue weighted by Gasteiger charge is 2.31. The molecule has 0 bridgehead atoms. The van der Waals surface area contributed by atoms with Crippen LogP contribution in [0.3, 0.4) is 0 Å². The zero-order valence-electron chi connectivity index (χ0n) is 27.8. The van der Waals surface area contributed by atoms with Gasteiger partial charge in [0.05, 0.1) is 12.6 Å². The molecule has 0 saturated heterocycles. The Balaban J connectivity index is 1.42. The van der Waals surface area contributed by atoms with E-state index in [-0.39, 0.29) is 43.7 Å². The van der Waals surface area contributed by atoms with E-state index in [1.807, 2.05) is 44.2 Å². The average molecular weight is 661 g/mol. The van der Waals surface area contributed by atoms with Crippen LogP contribution in [0.25, 0.3) is 11.4 Å². The van der Waals surface area contributed by atoms with Crippen molar-refractivity contribution in [2.45, 2.75) is 84.5 Å². The van der Waals surface area contributed by atoms with Gasteiger partial charge in [0, 0.05) is 29.9 Å². The van der Waals surface area contributed by atoms with Crippen molar-refractivity contribution in [2.75, 3.05) is 19.6 Å². The van der Waals surface area contributed by atoms with E-state index in [4.69, 9.17) is 0 Å². The van der Waals surface area contributed by atoms with Crippen LogP contribution in [0.2, 0.25) is 0 Å². The van der Waals surface area contributed by atoms with Crippen molar-refractivity contribution in [2.24, 2.45) is 5.92 Å². The number of nitrogens with one attached hydrogen (secondary N) is 5. The van der Waals surface area contributed by atoms with E-state index < -0.39 is 41.8 Å². The van der Waals surface area contributed by atoms with Crippen LogP contribution in [-0.4, -0.2) is 91.1 Å². The molecule has 3 heterocycles. The SMILES string of the molecule is CC(C)C[C@H]1NC(=O)[C@@H](C)NC(=O)CN(C(=O)c2n[nH]c3c2CCC3)CCCNC(=O)Cn2nc(-c3ccccc3)nc2[C@H](C)NC1=O. The summed E-state index contributed by atoms with van der Waals surface area (Å²) >= 11 is 0. The molecule has 0 spiro atoms. The summed E-state index contributed by atoms with van der Waals surface area (Å²) < 4.78 is 1.46. The normalized spacial score (nSPS) is 21.6. The Labute approximate surface area is 279 Å². The molecule has 2 aliphatic rings. The first-order valence-electron chi connectivity index (χ1n) is 16.5. The molecule has 0 radical (unpaired) electrons. The van der Waals surface area contributed by atoms with Crippen molar-refractivity contribution in [1.29, 1.82) is 0 Å². The van der Waals surface area contributed by atoms with Gasteiger partial charge < -0.3 is 26.2 Å². The molecular weight excluding hydrogens is 616 g/mol. The fourth-order valence-corrected chi connectivity index (χ4v) is 5.99. The van der Waals surface area contributed by atoms with Crippen molar-refractivity contribution in [3.8, 4) is 11.4 Å². The van der Waals surface area contributed by atoms with Gasteiger partial charge in [0.25, 0.3) is 5.91 Å². The van der Waals surface area contributed by atoms with Crippen LogP contribution in [0.4, 0.5) is 0 Å². The predicted octanol–water partition coefficient (Wildman–Crippen LogP) is 1.03. The van der Waals surface area contributed by atoms with Gasteiger partial charge in [-0.2, -0.15) is 10.2 Å². The molecule has 5 amide bonds. The second kappa shape index (κ2) is 15.2. The molecule has 1 aromatic carbocycles. The fourth-order valence-electron chi connectivity index (χ4n) is 5.99. The number of hydrogen-bond donors (Lipinski definition) is 5. The molecule has 0 fully saturated rings. The zero-order valence-corrected chi connectivity index (χ0v) is 27.8. The second-order valence-electron chi connectivity index (χ2n) is 12.8. The molecule has 2 aromatic heterocycles. The molecule has 5 rings (SSSR count). The van der Waals surface area contributed by atoms with Gasteiger partial charge in [-0.05, 0) is 51.9 Å². The number of aromatic amines is 1. The third-order valence-corrected chi connectivity index (χ3v) is 8.44. The molecular formula is C33H44N10O5. The summed E-state index contributed by atoms with van der Waals surface area (Å²) in [4.78, 5) is 72.8. The molecule has 15 heteroatoms. The highest BCUT2D eigenvalue weighted by atomic mass is 16.2. The number of aryl methyl sites for hydroxylation is 1. The summed E-state index contributed by atoms with van der Waals surface area (Å²) in [7, 11) is 0. The lowest BCUT2D eigenvalue weighted by Gasteiger charge is -2.25. The summed E-state index contributed by atoms with van der Waals surface area (Å²) in [6.07, 6.45) is 3.14. The number of aromatic nitrogens is 5. The molecule has 0 saturated carbocycles. The largest absolute Gasteiger partial charge is 0.354 e. The van der Waals surface area contributed by atoms with Gasteiger partial charge in [0.15, 0.2) is 11.5 Å². The quantitative estimate of drug-likeness (QED) is 0.274. The summed E-state index contributed by atoms with van der Waals surface area (Å²) in [5.41, 5.74) is 2.82. The van der Waals surface area contributed by atoms with Crippen LogP contribution in [0.15, 0.2) is 30.3 Å². The monoisotopic (exact) mass is 660 g/mol. The minimum atomic E-state index is -0.984. The molecule has 0 unspecified atom stereocenters. The van der Waals surface area contributed by atoms with E-state index in [1.54, 1.807) is 6.92 Å². The molecule has 3 atom stereocenters. The molecule has 1 aliphatic heterocycles. The lowest BCUT2D eigenvalue weighted by Crippen LogP contribution is -2.54. The Morgan fingerprint density at radius 1 is 0.917 bits per heavy atom. The summed E-state index contributed by atoms with van der Waals surface area (Å²) in [6, 6.07) is 6.75. The zero-order chi connectivity index (χ0) is 34.4. The molecule has 5 N–H and O–H groups in total. The van der Waals surface area contributed by atoms with Gasteiger partial charge in [-0.3, -0.25) is 29.1 Å². The first-order chi connectivity index (χ1) is 23.0. The second-order valence-corrected chi connectivity index (χ2v) is 12.8. The summed E-state index contributed by atoms with van der Waals surface area (Å²) in [5, 5.41) is 23.0. The van der Waals surface area contributed by atoms with E-state index in [0.29, 0.717) is 24.5 Å². The third-order valence-electron chi connectivity index (χ3n) is 8.44. The van der Waals surface area contributed by atoms with Crippen LogP contribution in [0.1, 0.15) is 80.6 Å². The van der Waals surface area contributed by atoms with Crippen LogP contribution in [0.5, 0.6) is 0 Å². The topological polar surface area (TPSA) is 196 Å². The minimum Gasteiger partial charge on any atom is -0.354 e. The Kier molecular flexibility index (Phi) is 10.9. The van der Waals surface area contributed by atoms with Crippen LogP contribution >= 0.6 is 0 Å². The van der Waals surface area contributed by atoms with Gasteiger partial charge in [0.1, 0.15) is 24.5 Å². The number of nitrogens with zero attached hydrogens (tertiary/aromatic N) is 5. The molecule has 1 aliphatic carbocycles. The number of fused-ring (bicyclic) bond motifs is 2. The van der Waals surface area contributed by atoms with Crippen molar-refractivity contribution in [3.63, 3.8) is 0 Å². The Bertz CT molecular complexity index is 1650. The van der Waals surface area contributed by atoms with Crippen LogP contribution < -0.4 is 21.3 Å². The van der Waals surface area contributed by atoms with Crippen molar-refractivity contribution in [1.82, 2.24) is 51.1 Å². The first kappa shape index (κ1) is 34.3. The summed E-state index contributed by atoms with van der Waals surface area (Å²) in [5.74, 6) is -1.43. The van der Waals surface area contributed by atoms with Crippen LogP contribution in [0, 0.1) is 5.92 Å². The van der Waals surface area contributed by atoms with Gasteiger partial charge in [-0.25, -0.2) is 9.67 Å². The van der Waals surface area contributed by atoms with Gasteiger partial charge in [-0.15, -0.1) is 0 Å². The Morgan fingerprint density at radius 2 is 1.69 bits per heavy atom.